The molecule has 6 nitrogen and oxygen atoms in total. The molecule has 1 N–H and O–H groups in total. The number of rotatable bonds is 4. The molecule has 1 aromatic carbocycles. The Balaban J connectivity index is 1.73. The molecule has 1 saturated heterocycles. The van der Waals surface area contributed by atoms with Crippen LogP contribution in [0.5, 0.6) is 5.75 Å². The van der Waals surface area contributed by atoms with Crippen molar-refractivity contribution >= 4 is 29.0 Å². The number of carbonyl (C=O) groups is 1. The summed E-state index contributed by atoms with van der Waals surface area (Å²) in [5.41, 5.74) is 1.67. The van der Waals surface area contributed by atoms with Crippen LogP contribution in [-0.4, -0.2) is 36.3 Å². The van der Waals surface area contributed by atoms with Crippen molar-refractivity contribution in [3.63, 3.8) is 0 Å². The Kier molecular flexibility index (Phi) is 5.93. The predicted octanol–water partition coefficient (Wildman–Crippen LogP) is 4.08. The van der Waals surface area contributed by atoms with Crippen molar-refractivity contribution in [2.75, 3.05) is 30.4 Å². The maximum atomic E-state index is 12.5. The molecule has 0 atom stereocenters. The van der Waals surface area contributed by atoms with Crippen molar-refractivity contribution in [3.05, 3.63) is 40.5 Å². The Bertz CT molecular complexity index is 772. The zero-order valence-corrected chi connectivity index (χ0v) is 15.8. The molecule has 2 aromatic rings. The molecule has 138 valence electrons. The second kappa shape index (κ2) is 8.36. The van der Waals surface area contributed by atoms with Gasteiger partial charge in [-0.25, -0.2) is 0 Å². The summed E-state index contributed by atoms with van der Waals surface area (Å²) < 4.78 is 5.29. The number of nitrogens with zero attached hydrogens (tertiary/aromatic N) is 3. The number of aromatic nitrogens is 2. The first-order valence-electron chi connectivity index (χ1n) is 8.82. The van der Waals surface area contributed by atoms with E-state index in [9.17, 15) is 4.79 Å². The van der Waals surface area contributed by atoms with Crippen molar-refractivity contribution in [3.8, 4) is 5.75 Å². The molecule has 0 unspecified atom stereocenters. The van der Waals surface area contributed by atoms with Crippen LogP contribution in [0.4, 0.5) is 11.5 Å². The standard InChI is InChI=1S/C19H23ClN4O2/c1-13-11-16(17(26-2)12-14(13)20)21-19(25)15-7-8-18(23-22-15)24-9-5-3-4-6-10-24/h7-8,11-12H,3-6,9-10H2,1-2H3,(H,21,25). The van der Waals surface area contributed by atoms with E-state index in [0.717, 1.165) is 24.5 Å². The van der Waals surface area contributed by atoms with Gasteiger partial charge in [-0.05, 0) is 43.5 Å². The number of halogens is 1. The topological polar surface area (TPSA) is 67.3 Å². The van der Waals surface area contributed by atoms with Crippen LogP contribution >= 0.6 is 11.6 Å². The molecule has 0 saturated carbocycles. The number of aryl methyl sites for hydroxylation is 1. The van der Waals surface area contributed by atoms with Crippen molar-refractivity contribution in [1.82, 2.24) is 10.2 Å². The minimum atomic E-state index is -0.333. The van der Waals surface area contributed by atoms with Crippen molar-refractivity contribution in [2.45, 2.75) is 32.6 Å². The number of anilines is 2. The molecule has 26 heavy (non-hydrogen) atoms. The molecule has 0 radical (unpaired) electrons. The molecule has 7 heteroatoms. The highest BCUT2D eigenvalue weighted by Crippen LogP contribution is 2.31. The highest BCUT2D eigenvalue weighted by molar-refractivity contribution is 6.31. The number of methoxy groups -OCH3 is 1. The van der Waals surface area contributed by atoms with Crippen LogP contribution in [0.15, 0.2) is 24.3 Å². The number of hydrogen-bond acceptors (Lipinski definition) is 5. The smallest absolute Gasteiger partial charge is 0.276 e. The van der Waals surface area contributed by atoms with Crippen LogP contribution in [0.25, 0.3) is 0 Å². The quantitative estimate of drug-likeness (QED) is 0.873. The lowest BCUT2D eigenvalue weighted by molar-refractivity contribution is 0.102. The van der Waals surface area contributed by atoms with Gasteiger partial charge in [-0.2, -0.15) is 0 Å². The lowest BCUT2D eigenvalue weighted by Crippen LogP contribution is -2.25. The van der Waals surface area contributed by atoms with Crippen LogP contribution in [0.1, 0.15) is 41.7 Å². The summed E-state index contributed by atoms with van der Waals surface area (Å²) in [6.45, 7) is 3.84. The van der Waals surface area contributed by atoms with Gasteiger partial charge in [0.15, 0.2) is 11.5 Å². The lowest BCUT2D eigenvalue weighted by Gasteiger charge is -2.20. The van der Waals surface area contributed by atoms with E-state index < -0.39 is 0 Å². The van der Waals surface area contributed by atoms with Crippen LogP contribution in [0.2, 0.25) is 5.02 Å². The van der Waals surface area contributed by atoms with E-state index in [1.807, 2.05) is 13.0 Å². The summed E-state index contributed by atoms with van der Waals surface area (Å²) in [6, 6.07) is 7.02. The van der Waals surface area contributed by atoms with Crippen molar-refractivity contribution < 1.29 is 9.53 Å². The summed E-state index contributed by atoms with van der Waals surface area (Å²) in [5, 5.41) is 11.7. The van der Waals surface area contributed by atoms with Crippen LogP contribution in [-0.2, 0) is 0 Å². The Labute approximate surface area is 158 Å². The van der Waals surface area contributed by atoms with Gasteiger partial charge in [-0.3, -0.25) is 4.79 Å². The molecule has 0 aliphatic carbocycles. The summed E-state index contributed by atoms with van der Waals surface area (Å²) in [5.74, 6) is 0.992. The Hall–Kier alpha value is -2.34. The number of nitrogens with one attached hydrogen (secondary N) is 1. The monoisotopic (exact) mass is 374 g/mol. The van der Waals surface area contributed by atoms with E-state index in [1.54, 1.807) is 18.2 Å². The van der Waals surface area contributed by atoms with Gasteiger partial charge >= 0.3 is 0 Å². The van der Waals surface area contributed by atoms with Crippen LogP contribution in [0, 0.1) is 6.92 Å². The van der Waals surface area contributed by atoms with E-state index >= 15 is 0 Å². The maximum absolute atomic E-state index is 12.5. The molecule has 1 aliphatic heterocycles. The highest BCUT2D eigenvalue weighted by Gasteiger charge is 2.16. The van der Waals surface area contributed by atoms with Crippen LogP contribution < -0.4 is 15.0 Å². The fourth-order valence-corrected chi connectivity index (χ4v) is 3.18. The molecule has 1 amide bonds. The molecular formula is C19H23ClN4O2. The van der Waals surface area contributed by atoms with E-state index in [2.05, 4.69) is 20.4 Å². The number of amides is 1. The largest absolute Gasteiger partial charge is 0.495 e. The second-order valence-corrected chi connectivity index (χ2v) is 6.84. The van der Waals surface area contributed by atoms with Gasteiger partial charge in [0, 0.05) is 24.2 Å². The van der Waals surface area contributed by atoms with E-state index in [4.69, 9.17) is 16.3 Å². The van der Waals surface area contributed by atoms with E-state index in [1.165, 1.54) is 32.8 Å². The van der Waals surface area contributed by atoms with Gasteiger partial charge in [-0.15, -0.1) is 10.2 Å². The van der Waals surface area contributed by atoms with Gasteiger partial charge in [0.05, 0.1) is 12.8 Å². The second-order valence-electron chi connectivity index (χ2n) is 6.43. The first-order valence-corrected chi connectivity index (χ1v) is 9.20. The van der Waals surface area contributed by atoms with Gasteiger partial charge < -0.3 is 15.0 Å². The zero-order valence-electron chi connectivity index (χ0n) is 15.1. The summed E-state index contributed by atoms with van der Waals surface area (Å²) in [4.78, 5) is 14.7. The fraction of sp³-hybridized carbons (Fsp3) is 0.421. The Morgan fingerprint density at radius 2 is 1.88 bits per heavy atom. The van der Waals surface area contributed by atoms with E-state index in [0.29, 0.717) is 16.5 Å². The molecule has 0 bridgehead atoms. The lowest BCUT2D eigenvalue weighted by atomic mass is 10.2. The molecule has 0 spiro atoms. The number of hydrogen-bond donors (Lipinski definition) is 1. The van der Waals surface area contributed by atoms with Crippen molar-refractivity contribution in [2.24, 2.45) is 0 Å². The van der Waals surface area contributed by atoms with Gasteiger partial charge in [-0.1, -0.05) is 24.4 Å². The van der Waals surface area contributed by atoms with E-state index in [-0.39, 0.29) is 11.6 Å². The van der Waals surface area contributed by atoms with Crippen molar-refractivity contribution in [1.29, 1.82) is 0 Å². The molecule has 2 heterocycles. The Morgan fingerprint density at radius 3 is 2.50 bits per heavy atom. The average molecular weight is 375 g/mol. The molecule has 3 rings (SSSR count). The first kappa shape index (κ1) is 18.5. The number of benzene rings is 1. The Morgan fingerprint density at radius 1 is 1.15 bits per heavy atom. The summed E-state index contributed by atoms with van der Waals surface area (Å²) in [6.07, 6.45) is 4.85. The first-order chi connectivity index (χ1) is 12.6. The normalized spacial score (nSPS) is 14.7. The van der Waals surface area contributed by atoms with Gasteiger partial charge in [0.2, 0.25) is 0 Å². The van der Waals surface area contributed by atoms with Gasteiger partial charge in [0.25, 0.3) is 5.91 Å². The molecular weight excluding hydrogens is 352 g/mol. The summed E-state index contributed by atoms with van der Waals surface area (Å²) >= 11 is 6.10. The fourth-order valence-electron chi connectivity index (χ4n) is 3.03. The zero-order chi connectivity index (χ0) is 18.5. The molecule has 1 fully saturated rings. The maximum Gasteiger partial charge on any atom is 0.276 e. The number of carbonyl (C=O) groups excluding carboxylic acids is 1. The highest BCUT2D eigenvalue weighted by atomic mass is 35.5. The van der Waals surface area contributed by atoms with Gasteiger partial charge in [0.1, 0.15) is 5.75 Å². The third kappa shape index (κ3) is 4.25. The third-order valence-electron chi connectivity index (χ3n) is 4.54. The third-order valence-corrected chi connectivity index (χ3v) is 4.95. The minimum Gasteiger partial charge on any atom is -0.495 e. The molecule has 1 aliphatic rings. The molecule has 1 aromatic heterocycles. The average Bonchev–Trinajstić information content (AvgIpc) is 2.94. The minimum absolute atomic E-state index is 0.262. The summed E-state index contributed by atoms with van der Waals surface area (Å²) in [7, 11) is 1.53. The van der Waals surface area contributed by atoms with Crippen LogP contribution in [0.3, 0.4) is 0 Å². The number of ether oxygens (including phenoxy) is 1. The predicted molar refractivity (Wildman–Crippen MR) is 103 cm³/mol. The SMILES string of the molecule is COc1cc(Cl)c(C)cc1NC(=O)c1ccc(N2CCCCCC2)nn1.